The van der Waals surface area contributed by atoms with E-state index in [0.717, 1.165) is 0 Å². The maximum absolute atomic E-state index is 12.7. The second kappa shape index (κ2) is 4.89. The van der Waals surface area contributed by atoms with Crippen molar-refractivity contribution in [2.45, 2.75) is 37.6 Å². The van der Waals surface area contributed by atoms with Crippen LogP contribution in [0.25, 0.3) is 0 Å². The third kappa shape index (κ3) is 2.84. The fraction of sp³-hybridized carbons (Fsp3) is 0.600. The molecule has 0 spiro atoms. The van der Waals surface area contributed by atoms with Gasteiger partial charge in [0.15, 0.2) is 0 Å². The van der Waals surface area contributed by atoms with E-state index in [9.17, 15) is 18.3 Å². The molecule has 0 aromatic carbocycles. The lowest BCUT2D eigenvalue weighted by molar-refractivity contribution is -0.140. The molecular weight excluding hydrogens is 273 g/mol. The third-order valence-corrected chi connectivity index (χ3v) is 2.89. The van der Waals surface area contributed by atoms with Gasteiger partial charge >= 0.3 is 6.18 Å². The van der Waals surface area contributed by atoms with Crippen LogP contribution >= 0.6 is 11.6 Å². The minimum Gasteiger partial charge on any atom is -0.471 e. The van der Waals surface area contributed by atoms with Gasteiger partial charge < -0.3 is 9.84 Å². The number of nitrogens with zero attached hydrogens (tertiary/aromatic N) is 2. The highest BCUT2D eigenvalue weighted by molar-refractivity contribution is 6.28. The molecule has 0 bridgehead atoms. The highest BCUT2D eigenvalue weighted by Gasteiger charge is 2.38. The second-order valence-electron chi connectivity index (χ2n) is 4.01. The van der Waals surface area contributed by atoms with Crippen LogP contribution in [0.4, 0.5) is 13.2 Å². The summed E-state index contributed by atoms with van der Waals surface area (Å²) in [5.74, 6) is -0.631. The summed E-state index contributed by atoms with van der Waals surface area (Å²) < 4.78 is 43.2. The molecule has 0 amide bonds. The highest BCUT2D eigenvalue weighted by atomic mass is 35.5. The number of hydrogen-bond donors (Lipinski definition) is 1. The van der Waals surface area contributed by atoms with E-state index in [-0.39, 0.29) is 5.28 Å². The van der Waals surface area contributed by atoms with Crippen LogP contribution in [0, 0.1) is 0 Å². The summed E-state index contributed by atoms with van der Waals surface area (Å²) in [5.41, 5.74) is -1.09. The van der Waals surface area contributed by atoms with Crippen LogP contribution in [0.3, 0.4) is 0 Å². The van der Waals surface area contributed by atoms with Crippen molar-refractivity contribution in [1.29, 1.82) is 0 Å². The molecule has 1 N–H and O–H groups in total. The monoisotopic (exact) mass is 282 g/mol. The molecule has 2 rings (SSSR count). The Morgan fingerprint density at radius 2 is 2.11 bits per heavy atom. The van der Waals surface area contributed by atoms with Gasteiger partial charge in [-0.1, -0.05) is 0 Å². The number of hydrogen-bond acceptors (Lipinski definition) is 4. The summed E-state index contributed by atoms with van der Waals surface area (Å²) in [7, 11) is 0. The van der Waals surface area contributed by atoms with Crippen LogP contribution in [0.15, 0.2) is 6.20 Å². The number of aliphatic hydroxyl groups is 1. The van der Waals surface area contributed by atoms with Gasteiger partial charge in [0.1, 0.15) is 11.7 Å². The van der Waals surface area contributed by atoms with E-state index in [0.29, 0.717) is 25.5 Å². The number of alkyl halides is 3. The van der Waals surface area contributed by atoms with Crippen molar-refractivity contribution in [2.24, 2.45) is 0 Å². The molecule has 2 atom stereocenters. The van der Waals surface area contributed by atoms with Gasteiger partial charge in [-0.15, -0.1) is 0 Å². The first-order valence-corrected chi connectivity index (χ1v) is 5.70. The lowest BCUT2D eigenvalue weighted by atomic mass is 10.2. The first kappa shape index (κ1) is 13.4. The Labute approximate surface area is 106 Å². The Morgan fingerprint density at radius 1 is 1.39 bits per heavy atom. The Morgan fingerprint density at radius 3 is 2.67 bits per heavy atom. The van der Waals surface area contributed by atoms with Crippen molar-refractivity contribution < 1.29 is 23.0 Å². The molecule has 8 heteroatoms. The predicted octanol–water partition coefficient (Wildman–Crippen LogP) is 2.44. The van der Waals surface area contributed by atoms with Crippen molar-refractivity contribution in [3.63, 3.8) is 0 Å². The van der Waals surface area contributed by atoms with Crippen LogP contribution in [0.2, 0.25) is 5.28 Å². The smallest absolute Gasteiger partial charge is 0.423 e. The van der Waals surface area contributed by atoms with Gasteiger partial charge in [0, 0.05) is 6.20 Å². The van der Waals surface area contributed by atoms with Crippen molar-refractivity contribution in [3.05, 3.63) is 17.0 Å². The molecule has 1 aliphatic carbocycles. The Hall–Kier alpha value is -1.08. The average molecular weight is 283 g/mol. The molecule has 1 aromatic rings. The summed E-state index contributed by atoms with van der Waals surface area (Å²) >= 11 is 5.46. The Kier molecular flexibility index (Phi) is 3.63. The number of aliphatic hydroxyl groups excluding tert-OH is 1. The number of halogens is 4. The third-order valence-electron chi connectivity index (χ3n) is 2.71. The Bertz CT molecular complexity index is 442. The van der Waals surface area contributed by atoms with E-state index >= 15 is 0 Å². The summed E-state index contributed by atoms with van der Waals surface area (Å²) in [4.78, 5) is 6.73. The molecule has 18 heavy (non-hydrogen) atoms. The van der Waals surface area contributed by atoms with Crippen LogP contribution in [-0.4, -0.2) is 27.3 Å². The maximum atomic E-state index is 12.7. The van der Waals surface area contributed by atoms with E-state index in [1.165, 1.54) is 0 Å². The zero-order valence-electron chi connectivity index (χ0n) is 9.12. The summed E-state index contributed by atoms with van der Waals surface area (Å²) in [5, 5.41) is 9.20. The lowest BCUT2D eigenvalue weighted by Gasteiger charge is -2.19. The van der Waals surface area contributed by atoms with E-state index < -0.39 is 29.8 Å². The minimum atomic E-state index is -4.62. The van der Waals surface area contributed by atoms with Crippen molar-refractivity contribution in [2.75, 3.05) is 0 Å². The van der Waals surface area contributed by atoms with Crippen LogP contribution < -0.4 is 4.74 Å². The van der Waals surface area contributed by atoms with Crippen molar-refractivity contribution >= 4 is 11.6 Å². The molecule has 4 nitrogen and oxygen atoms in total. The molecule has 100 valence electrons. The first-order valence-electron chi connectivity index (χ1n) is 5.32. The SMILES string of the molecule is OC1CCCC1Oc1nc(Cl)ncc1C(F)(F)F. The normalized spacial score (nSPS) is 24.3. The molecule has 0 aliphatic heterocycles. The molecule has 1 fully saturated rings. The molecule has 2 unspecified atom stereocenters. The van der Waals surface area contributed by atoms with Gasteiger partial charge in [-0.05, 0) is 30.9 Å². The largest absolute Gasteiger partial charge is 0.471 e. The van der Waals surface area contributed by atoms with E-state index in [2.05, 4.69) is 9.97 Å². The van der Waals surface area contributed by atoms with Gasteiger partial charge in [0.05, 0.1) is 6.10 Å². The van der Waals surface area contributed by atoms with Crippen LogP contribution in [0.5, 0.6) is 5.88 Å². The maximum Gasteiger partial charge on any atom is 0.423 e. The molecule has 1 heterocycles. The van der Waals surface area contributed by atoms with Gasteiger partial charge in [-0.25, -0.2) is 4.98 Å². The zero-order chi connectivity index (χ0) is 13.3. The standard InChI is InChI=1S/C10H10ClF3N2O2/c11-9-15-4-5(10(12,13)14)8(16-9)18-7-3-1-2-6(7)17/h4,6-7,17H,1-3H2. The molecule has 1 saturated carbocycles. The molecule has 0 saturated heterocycles. The minimum absolute atomic E-state index is 0.328. The van der Waals surface area contributed by atoms with Crippen molar-refractivity contribution in [1.82, 2.24) is 9.97 Å². The fourth-order valence-corrected chi connectivity index (χ4v) is 1.94. The van der Waals surface area contributed by atoms with E-state index in [4.69, 9.17) is 16.3 Å². The average Bonchev–Trinajstić information content (AvgIpc) is 2.62. The molecular formula is C10H10ClF3N2O2. The zero-order valence-corrected chi connectivity index (χ0v) is 9.87. The number of rotatable bonds is 2. The molecule has 1 aromatic heterocycles. The number of aromatic nitrogens is 2. The van der Waals surface area contributed by atoms with Crippen LogP contribution in [-0.2, 0) is 6.18 Å². The number of ether oxygens (including phenoxy) is 1. The van der Waals surface area contributed by atoms with Gasteiger partial charge in [-0.3, -0.25) is 0 Å². The molecule has 0 radical (unpaired) electrons. The topological polar surface area (TPSA) is 55.2 Å². The first-order chi connectivity index (χ1) is 8.38. The summed E-state index contributed by atoms with van der Waals surface area (Å²) in [6.07, 6.45) is -3.82. The summed E-state index contributed by atoms with van der Waals surface area (Å²) in [6.45, 7) is 0. The lowest BCUT2D eigenvalue weighted by Crippen LogP contribution is -2.27. The van der Waals surface area contributed by atoms with Crippen LogP contribution in [0.1, 0.15) is 24.8 Å². The fourth-order valence-electron chi connectivity index (χ4n) is 1.82. The Balaban J connectivity index is 2.28. The van der Waals surface area contributed by atoms with Gasteiger partial charge in [0.25, 0.3) is 0 Å². The van der Waals surface area contributed by atoms with Gasteiger partial charge in [-0.2, -0.15) is 18.2 Å². The second-order valence-corrected chi connectivity index (χ2v) is 4.35. The summed E-state index contributed by atoms with van der Waals surface area (Å²) in [6, 6.07) is 0. The highest BCUT2D eigenvalue weighted by Crippen LogP contribution is 2.36. The predicted molar refractivity (Wildman–Crippen MR) is 56.3 cm³/mol. The van der Waals surface area contributed by atoms with Gasteiger partial charge in [0.2, 0.25) is 11.2 Å². The van der Waals surface area contributed by atoms with E-state index in [1.807, 2.05) is 0 Å². The molecule has 1 aliphatic rings. The quantitative estimate of drug-likeness (QED) is 0.847. The van der Waals surface area contributed by atoms with E-state index in [1.54, 1.807) is 0 Å². The van der Waals surface area contributed by atoms with Crippen molar-refractivity contribution in [3.8, 4) is 5.88 Å².